The van der Waals surface area contributed by atoms with Gasteiger partial charge in [0.15, 0.2) is 5.69 Å². The summed E-state index contributed by atoms with van der Waals surface area (Å²) in [5.74, 6) is -1.41. The quantitative estimate of drug-likeness (QED) is 0.762. The molecule has 0 bridgehead atoms. The van der Waals surface area contributed by atoms with Crippen LogP contribution < -0.4 is 11.1 Å². The van der Waals surface area contributed by atoms with Crippen LogP contribution in [0.4, 0.5) is 11.4 Å². The van der Waals surface area contributed by atoms with Gasteiger partial charge in [-0.1, -0.05) is 0 Å². The minimum Gasteiger partial charge on any atom is -0.481 e. The number of rotatable bonds is 4. The SMILES string of the molecule is Nc1cccnc1C(=O)Nc1ccc(CC(=O)O)nc1. The van der Waals surface area contributed by atoms with Crippen LogP contribution in [0.3, 0.4) is 0 Å². The molecule has 2 rings (SSSR count). The second-order valence-electron chi connectivity index (χ2n) is 4.00. The lowest BCUT2D eigenvalue weighted by Crippen LogP contribution is -2.16. The molecular formula is C13H12N4O3. The molecule has 20 heavy (non-hydrogen) atoms. The molecule has 0 fully saturated rings. The summed E-state index contributed by atoms with van der Waals surface area (Å²) in [6.45, 7) is 0. The fourth-order valence-corrected chi connectivity index (χ4v) is 1.56. The largest absolute Gasteiger partial charge is 0.481 e. The summed E-state index contributed by atoms with van der Waals surface area (Å²) in [5, 5.41) is 11.2. The van der Waals surface area contributed by atoms with Gasteiger partial charge in [0.2, 0.25) is 0 Å². The van der Waals surface area contributed by atoms with Crippen LogP contribution in [0.15, 0.2) is 36.7 Å². The average molecular weight is 272 g/mol. The van der Waals surface area contributed by atoms with Gasteiger partial charge >= 0.3 is 5.97 Å². The lowest BCUT2D eigenvalue weighted by Gasteiger charge is -2.06. The first-order valence-corrected chi connectivity index (χ1v) is 5.75. The normalized spacial score (nSPS) is 10.0. The number of hydrogen-bond acceptors (Lipinski definition) is 5. The van der Waals surface area contributed by atoms with Gasteiger partial charge in [-0.2, -0.15) is 0 Å². The second-order valence-corrected chi connectivity index (χ2v) is 4.00. The van der Waals surface area contributed by atoms with Crippen molar-refractivity contribution in [1.29, 1.82) is 0 Å². The summed E-state index contributed by atoms with van der Waals surface area (Å²) in [7, 11) is 0. The van der Waals surface area contributed by atoms with E-state index in [1.165, 1.54) is 18.5 Å². The van der Waals surface area contributed by atoms with Crippen molar-refractivity contribution >= 4 is 23.3 Å². The maximum absolute atomic E-state index is 11.9. The van der Waals surface area contributed by atoms with Gasteiger partial charge in [-0.25, -0.2) is 4.98 Å². The molecule has 0 saturated heterocycles. The van der Waals surface area contributed by atoms with Crippen LogP contribution in [0.2, 0.25) is 0 Å². The highest BCUT2D eigenvalue weighted by molar-refractivity contribution is 6.06. The monoisotopic (exact) mass is 272 g/mol. The van der Waals surface area contributed by atoms with Crippen molar-refractivity contribution < 1.29 is 14.7 Å². The number of nitrogen functional groups attached to an aromatic ring is 1. The molecule has 0 aliphatic heterocycles. The molecule has 2 aromatic rings. The molecule has 2 heterocycles. The Bertz CT molecular complexity index is 640. The van der Waals surface area contributed by atoms with Gasteiger partial charge in [0.25, 0.3) is 5.91 Å². The number of anilines is 2. The van der Waals surface area contributed by atoms with Crippen LogP contribution >= 0.6 is 0 Å². The molecule has 0 atom stereocenters. The van der Waals surface area contributed by atoms with Crippen molar-refractivity contribution in [3.63, 3.8) is 0 Å². The summed E-state index contributed by atoms with van der Waals surface area (Å²) >= 11 is 0. The Balaban J connectivity index is 2.09. The van der Waals surface area contributed by atoms with Crippen molar-refractivity contribution in [2.24, 2.45) is 0 Å². The van der Waals surface area contributed by atoms with E-state index in [0.717, 1.165) is 0 Å². The number of amides is 1. The summed E-state index contributed by atoms with van der Waals surface area (Å²) in [4.78, 5) is 30.3. The smallest absolute Gasteiger partial charge is 0.309 e. The van der Waals surface area contributed by atoms with Crippen molar-refractivity contribution in [3.8, 4) is 0 Å². The molecule has 0 aromatic carbocycles. The maximum atomic E-state index is 11.9. The number of carbonyl (C=O) groups excluding carboxylic acids is 1. The van der Waals surface area contributed by atoms with Crippen molar-refractivity contribution in [3.05, 3.63) is 48.0 Å². The maximum Gasteiger partial charge on any atom is 0.309 e. The molecule has 0 radical (unpaired) electrons. The third-order valence-corrected chi connectivity index (χ3v) is 2.47. The highest BCUT2D eigenvalue weighted by atomic mass is 16.4. The summed E-state index contributed by atoms with van der Waals surface area (Å²) in [5.41, 5.74) is 6.90. The van der Waals surface area contributed by atoms with Gasteiger partial charge in [-0.3, -0.25) is 14.6 Å². The van der Waals surface area contributed by atoms with E-state index in [1.807, 2.05) is 0 Å². The number of carboxylic acid groups (broad SMARTS) is 1. The molecule has 7 heteroatoms. The molecule has 0 spiro atoms. The van der Waals surface area contributed by atoms with E-state index in [0.29, 0.717) is 11.4 Å². The molecular weight excluding hydrogens is 260 g/mol. The van der Waals surface area contributed by atoms with E-state index in [9.17, 15) is 9.59 Å². The highest BCUT2D eigenvalue weighted by Crippen LogP contribution is 2.12. The van der Waals surface area contributed by atoms with Gasteiger partial charge in [0.05, 0.1) is 29.7 Å². The van der Waals surface area contributed by atoms with Gasteiger partial charge in [0, 0.05) is 6.20 Å². The van der Waals surface area contributed by atoms with Gasteiger partial charge < -0.3 is 16.2 Å². The second kappa shape index (κ2) is 5.79. The Kier molecular flexibility index (Phi) is 3.90. The van der Waals surface area contributed by atoms with Gasteiger partial charge in [0.1, 0.15) is 0 Å². The number of carboxylic acids is 1. The Hall–Kier alpha value is -2.96. The fraction of sp³-hybridized carbons (Fsp3) is 0.0769. The summed E-state index contributed by atoms with van der Waals surface area (Å²) in [6.07, 6.45) is 2.69. The predicted octanol–water partition coefficient (Wildman–Crippen LogP) is 0.938. The fourth-order valence-electron chi connectivity index (χ4n) is 1.56. The number of pyridine rings is 2. The standard InChI is InChI=1S/C13H12N4O3/c14-10-2-1-5-15-12(10)13(20)17-9-4-3-8(16-7-9)6-11(18)19/h1-5,7H,6,14H2,(H,17,20)(H,18,19). The van der Waals surface area contributed by atoms with Crippen molar-refractivity contribution in [1.82, 2.24) is 9.97 Å². The van der Waals surface area contributed by atoms with E-state index in [-0.39, 0.29) is 17.8 Å². The molecule has 2 aromatic heterocycles. The van der Waals surface area contributed by atoms with Crippen LogP contribution in [-0.2, 0) is 11.2 Å². The molecule has 0 aliphatic carbocycles. The number of aliphatic carboxylic acids is 1. The van der Waals surface area contributed by atoms with Crippen LogP contribution in [0.1, 0.15) is 16.2 Å². The van der Waals surface area contributed by atoms with E-state index in [1.54, 1.807) is 18.2 Å². The first kappa shape index (κ1) is 13.5. The lowest BCUT2D eigenvalue weighted by atomic mass is 10.2. The number of nitrogens with two attached hydrogens (primary N) is 1. The third kappa shape index (κ3) is 3.29. The zero-order valence-electron chi connectivity index (χ0n) is 10.4. The number of nitrogens with one attached hydrogen (secondary N) is 1. The Labute approximate surface area is 114 Å². The number of hydrogen-bond donors (Lipinski definition) is 3. The molecule has 7 nitrogen and oxygen atoms in total. The molecule has 102 valence electrons. The summed E-state index contributed by atoms with van der Waals surface area (Å²) in [6, 6.07) is 6.32. The minimum atomic E-state index is -0.962. The Morgan fingerprint density at radius 2 is 2.05 bits per heavy atom. The molecule has 1 amide bonds. The van der Waals surface area contributed by atoms with E-state index >= 15 is 0 Å². The van der Waals surface area contributed by atoms with E-state index < -0.39 is 11.9 Å². The van der Waals surface area contributed by atoms with Crippen molar-refractivity contribution in [2.75, 3.05) is 11.1 Å². The van der Waals surface area contributed by atoms with Crippen molar-refractivity contribution in [2.45, 2.75) is 6.42 Å². The van der Waals surface area contributed by atoms with Gasteiger partial charge in [-0.05, 0) is 24.3 Å². The zero-order chi connectivity index (χ0) is 14.5. The number of carbonyl (C=O) groups is 2. The predicted molar refractivity (Wildman–Crippen MR) is 72.2 cm³/mol. The van der Waals surface area contributed by atoms with Gasteiger partial charge in [-0.15, -0.1) is 0 Å². The topological polar surface area (TPSA) is 118 Å². The highest BCUT2D eigenvalue weighted by Gasteiger charge is 2.11. The minimum absolute atomic E-state index is 0.127. The Morgan fingerprint density at radius 1 is 1.25 bits per heavy atom. The van der Waals surface area contributed by atoms with E-state index in [4.69, 9.17) is 10.8 Å². The third-order valence-electron chi connectivity index (χ3n) is 2.47. The van der Waals surface area contributed by atoms with Crippen LogP contribution in [0, 0.1) is 0 Å². The first-order valence-electron chi connectivity index (χ1n) is 5.75. The number of aromatic nitrogens is 2. The first-order chi connectivity index (χ1) is 9.56. The van der Waals surface area contributed by atoms with Crippen LogP contribution in [0.5, 0.6) is 0 Å². The lowest BCUT2D eigenvalue weighted by molar-refractivity contribution is -0.136. The van der Waals surface area contributed by atoms with E-state index in [2.05, 4.69) is 15.3 Å². The van der Waals surface area contributed by atoms with Crippen LogP contribution in [-0.4, -0.2) is 27.0 Å². The number of nitrogens with zero attached hydrogens (tertiary/aromatic N) is 2. The van der Waals surface area contributed by atoms with Crippen LogP contribution in [0.25, 0.3) is 0 Å². The Morgan fingerprint density at radius 3 is 2.65 bits per heavy atom. The zero-order valence-corrected chi connectivity index (χ0v) is 10.4. The molecule has 0 unspecified atom stereocenters. The summed E-state index contributed by atoms with van der Waals surface area (Å²) < 4.78 is 0. The molecule has 4 N–H and O–H groups in total. The molecule has 0 aliphatic rings. The average Bonchev–Trinajstić information content (AvgIpc) is 2.41. The molecule has 0 saturated carbocycles.